The Morgan fingerprint density at radius 3 is 2.69 bits per heavy atom. The maximum atomic E-state index is 8.98. The van der Waals surface area contributed by atoms with Crippen molar-refractivity contribution in [3.63, 3.8) is 0 Å². The van der Waals surface area contributed by atoms with E-state index in [-0.39, 0.29) is 0 Å². The van der Waals surface area contributed by atoms with Crippen LogP contribution in [0.15, 0.2) is 0 Å². The minimum atomic E-state index is 0.327. The van der Waals surface area contributed by atoms with Crippen LogP contribution in [0.3, 0.4) is 0 Å². The molecule has 0 aromatic carbocycles. The summed E-state index contributed by atoms with van der Waals surface area (Å²) >= 11 is 1.98. The maximum Gasteiger partial charge on any atom is 0.0667 e. The first-order valence-electron chi connectivity index (χ1n) is 5.33. The van der Waals surface area contributed by atoms with Crippen molar-refractivity contribution in [1.29, 1.82) is 5.26 Å². The van der Waals surface area contributed by atoms with E-state index >= 15 is 0 Å². The molecule has 0 saturated heterocycles. The van der Waals surface area contributed by atoms with Crippen molar-refractivity contribution in [3.05, 3.63) is 0 Å². The third-order valence-electron chi connectivity index (χ3n) is 3.02. The van der Waals surface area contributed by atoms with Gasteiger partial charge in [-0.2, -0.15) is 17.0 Å². The van der Waals surface area contributed by atoms with Gasteiger partial charge in [0.15, 0.2) is 0 Å². The van der Waals surface area contributed by atoms with E-state index in [0.717, 1.165) is 18.1 Å². The van der Waals surface area contributed by atoms with Crippen LogP contribution in [-0.2, 0) is 0 Å². The summed E-state index contributed by atoms with van der Waals surface area (Å²) in [6.45, 7) is 4.46. The van der Waals surface area contributed by atoms with Crippen molar-refractivity contribution < 1.29 is 0 Å². The van der Waals surface area contributed by atoms with Crippen molar-refractivity contribution in [2.45, 2.75) is 44.8 Å². The molecule has 3 unspecified atom stereocenters. The molecule has 1 aliphatic rings. The molecule has 2 heteroatoms. The van der Waals surface area contributed by atoms with Crippen LogP contribution in [-0.4, -0.2) is 11.0 Å². The fraction of sp³-hybridized carbons (Fsp3) is 0.909. The Hall–Kier alpha value is -0.160. The van der Waals surface area contributed by atoms with Crippen LogP contribution >= 0.6 is 11.8 Å². The summed E-state index contributed by atoms with van der Waals surface area (Å²) in [5, 5.41) is 9.60. The molecule has 3 atom stereocenters. The van der Waals surface area contributed by atoms with E-state index < -0.39 is 0 Å². The Bertz CT molecular complexity index is 185. The second-order valence-electron chi connectivity index (χ2n) is 3.82. The Morgan fingerprint density at radius 1 is 1.38 bits per heavy atom. The summed E-state index contributed by atoms with van der Waals surface area (Å²) < 4.78 is 0. The first kappa shape index (κ1) is 10.9. The van der Waals surface area contributed by atoms with Gasteiger partial charge in [-0.25, -0.2) is 0 Å². The van der Waals surface area contributed by atoms with Gasteiger partial charge in [0.25, 0.3) is 0 Å². The van der Waals surface area contributed by atoms with Crippen LogP contribution < -0.4 is 0 Å². The molecule has 0 amide bonds. The molecule has 0 N–H and O–H groups in total. The van der Waals surface area contributed by atoms with Gasteiger partial charge < -0.3 is 0 Å². The summed E-state index contributed by atoms with van der Waals surface area (Å²) in [5.41, 5.74) is 0. The molecule has 0 radical (unpaired) electrons. The molecule has 0 aromatic heterocycles. The minimum Gasteiger partial charge on any atom is -0.198 e. The molecule has 1 saturated carbocycles. The van der Waals surface area contributed by atoms with Gasteiger partial charge in [-0.1, -0.05) is 20.3 Å². The summed E-state index contributed by atoms with van der Waals surface area (Å²) in [7, 11) is 0. The normalized spacial score (nSPS) is 34.1. The van der Waals surface area contributed by atoms with Crippen LogP contribution in [0.1, 0.15) is 39.5 Å². The van der Waals surface area contributed by atoms with Gasteiger partial charge in [-0.3, -0.25) is 0 Å². The zero-order valence-corrected chi connectivity index (χ0v) is 9.44. The summed E-state index contributed by atoms with van der Waals surface area (Å²) in [6.07, 6.45) is 4.97. The van der Waals surface area contributed by atoms with E-state index in [0.29, 0.717) is 11.2 Å². The van der Waals surface area contributed by atoms with Gasteiger partial charge in [0.05, 0.1) is 12.0 Å². The molecule has 1 aliphatic carbocycles. The molecule has 0 spiro atoms. The standard InChI is InChI=1S/C11H19NS/c1-3-9-5-6-10(8-12)11(7-9)13-4-2/h9-11H,3-7H2,1-2H3. The number of thioether (sulfide) groups is 1. The van der Waals surface area contributed by atoms with E-state index in [4.69, 9.17) is 5.26 Å². The monoisotopic (exact) mass is 197 g/mol. The lowest BCUT2D eigenvalue weighted by Crippen LogP contribution is -2.26. The highest BCUT2D eigenvalue weighted by atomic mass is 32.2. The molecular formula is C11H19NS. The number of nitriles is 1. The van der Waals surface area contributed by atoms with Gasteiger partial charge in [0.2, 0.25) is 0 Å². The Labute approximate surface area is 85.9 Å². The molecule has 0 heterocycles. The van der Waals surface area contributed by atoms with Gasteiger partial charge in [0.1, 0.15) is 0 Å². The molecule has 74 valence electrons. The zero-order chi connectivity index (χ0) is 9.68. The van der Waals surface area contributed by atoms with Gasteiger partial charge in [0, 0.05) is 5.25 Å². The molecule has 1 nitrogen and oxygen atoms in total. The predicted octanol–water partition coefficient (Wildman–Crippen LogP) is 3.46. The third kappa shape index (κ3) is 2.91. The number of nitrogens with zero attached hydrogens (tertiary/aromatic N) is 1. The fourth-order valence-electron chi connectivity index (χ4n) is 2.13. The van der Waals surface area contributed by atoms with Crippen LogP contribution in [0.2, 0.25) is 0 Å². The summed E-state index contributed by atoms with van der Waals surface area (Å²) in [5.74, 6) is 2.36. The van der Waals surface area contributed by atoms with Crippen LogP contribution in [0.4, 0.5) is 0 Å². The molecule has 1 rings (SSSR count). The van der Waals surface area contributed by atoms with Gasteiger partial charge in [-0.15, -0.1) is 0 Å². The molecule has 0 aliphatic heterocycles. The minimum absolute atomic E-state index is 0.327. The summed E-state index contributed by atoms with van der Waals surface area (Å²) in [4.78, 5) is 0. The third-order valence-corrected chi connectivity index (χ3v) is 4.31. The van der Waals surface area contributed by atoms with E-state index in [1.807, 2.05) is 11.8 Å². The van der Waals surface area contributed by atoms with E-state index in [2.05, 4.69) is 19.9 Å². The lowest BCUT2D eigenvalue weighted by Gasteiger charge is -2.31. The lowest BCUT2D eigenvalue weighted by atomic mass is 9.81. The number of hydrogen-bond acceptors (Lipinski definition) is 2. The van der Waals surface area contributed by atoms with Crippen LogP contribution in [0.5, 0.6) is 0 Å². The van der Waals surface area contributed by atoms with Gasteiger partial charge in [-0.05, 0) is 30.9 Å². The molecule has 0 aromatic rings. The lowest BCUT2D eigenvalue weighted by molar-refractivity contribution is 0.317. The van der Waals surface area contributed by atoms with Crippen molar-refractivity contribution in [2.75, 3.05) is 5.75 Å². The fourth-order valence-corrected chi connectivity index (χ4v) is 3.39. The van der Waals surface area contributed by atoms with E-state index in [1.54, 1.807) is 0 Å². The highest BCUT2D eigenvalue weighted by molar-refractivity contribution is 7.99. The molecule has 1 fully saturated rings. The second-order valence-corrected chi connectivity index (χ2v) is 5.33. The summed E-state index contributed by atoms with van der Waals surface area (Å²) in [6, 6.07) is 2.46. The Kier molecular flexibility index (Phi) is 4.66. The van der Waals surface area contributed by atoms with Crippen molar-refractivity contribution in [1.82, 2.24) is 0 Å². The number of rotatable bonds is 3. The average Bonchev–Trinajstić information content (AvgIpc) is 2.18. The topological polar surface area (TPSA) is 23.8 Å². The van der Waals surface area contributed by atoms with E-state index in [1.165, 1.54) is 19.3 Å². The molecule has 0 bridgehead atoms. The Morgan fingerprint density at radius 2 is 2.15 bits per heavy atom. The first-order chi connectivity index (χ1) is 6.31. The Balaban J connectivity index is 2.48. The van der Waals surface area contributed by atoms with E-state index in [9.17, 15) is 0 Å². The second kappa shape index (κ2) is 5.54. The van der Waals surface area contributed by atoms with Crippen LogP contribution in [0.25, 0.3) is 0 Å². The highest BCUT2D eigenvalue weighted by Gasteiger charge is 2.29. The quantitative estimate of drug-likeness (QED) is 0.692. The highest BCUT2D eigenvalue weighted by Crippen LogP contribution is 2.37. The van der Waals surface area contributed by atoms with Crippen molar-refractivity contribution in [3.8, 4) is 6.07 Å². The largest absolute Gasteiger partial charge is 0.198 e. The predicted molar refractivity (Wildman–Crippen MR) is 58.7 cm³/mol. The number of hydrogen-bond donors (Lipinski definition) is 0. The van der Waals surface area contributed by atoms with Crippen molar-refractivity contribution >= 4 is 11.8 Å². The zero-order valence-electron chi connectivity index (χ0n) is 8.62. The maximum absolute atomic E-state index is 8.98. The average molecular weight is 197 g/mol. The first-order valence-corrected chi connectivity index (χ1v) is 6.37. The van der Waals surface area contributed by atoms with Gasteiger partial charge >= 0.3 is 0 Å². The SMILES string of the molecule is CCSC1CC(CC)CCC1C#N. The van der Waals surface area contributed by atoms with Crippen molar-refractivity contribution in [2.24, 2.45) is 11.8 Å². The smallest absolute Gasteiger partial charge is 0.0667 e. The molecule has 13 heavy (non-hydrogen) atoms. The molecular weight excluding hydrogens is 178 g/mol. The van der Waals surface area contributed by atoms with Crippen LogP contribution in [0, 0.1) is 23.2 Å².